The molecule has 1 amide bonds. The number of hydrogen-bond acceptors (Lipinski definition) is 4. The number of benzene rings is 2. The molecular weight excluding hydrogens is 467 g/mol. The summed E-state index contributed by atoms with van der Waals surface area (Å²) in [6.45, 7) is 3.14. The molecule has 0 saturated carbocycles. The van der Waals surface area contributed by atoms with Crippen molar-refractivity contribution in [2.45, 2.75) is 13.1 Å². The first kappa shape index (κ1) is 24.2. The molecule has 1 aliphatic rings. The van der Waals surface area contributed by atoms with Gasteiger partial charge in [0.2, 0.25) is 15.9 Å². The molecule has 1 aliphatic heterocycles. The number of carbonyl (C=O) groups excluding carboxylic acids is 1. The maximum Gasteiger partial charge on any atom is 0.416 e. The van der Waals surface area contributed by atoms with Crippen LogP contribution in [-0.2, 0) is 21.0 Å². The van der Waals surface area contributed by atoms with Gasteiger partial charge in [0, 0.05) is 36.9 Å². The summed E-state index contributed by atoms with van der Waals surface area (Å²) < 4.78 is 64.4. The number of piperazine rings is 1. The Hall–Kier alpha value is -2.46. The second-order valence-corrected chi connectivity index (χ2v) is 9.96. The molecule has 2 aromatic carbocycles. The van der Waals surface area contributed by atoms with Gasteiger partial charge in [-0.3, -0.25) is 9.10 Å². The van der Waals surface area contributed by atoms with Crippen molar-refractivity contribution < 1.29 is 26.4 Å². The SMILES string of the molecule is Cc1ccc(Cl)cc1N1CCN(C(=O)CN(c2cccc(C(F)(F)F)c2)S(C)(=O)=O)CC1. The van der Waals surface area contributed by atoms with Crippen LogP contribution in [0.4, 0.5) is 24.5 Å². The number of hydrogen-bond donors (Lipinski definition) is 0. The average molecular weight is 490 g/mol. The van der Waals surface area contributed by atoms with Crippen molar-refractivity contribution >= 4 is 38.9 Å². The van der Waals surface area contributed by atoms with E-state index in [1.54, 1.807) is 6.07 Å². The van der Waals surface area contributed by atoms with Gasteiger partial charge in [-0.15, -0.1) is 0 Å². The molecule has 0 unspecified atom stereocenters. The Bertz CT molecular complexity index is 1100. The molecule has 0 spiro atoms. The fourth-order valence-electron chi connectivity index (χ4n) is 3.58. The fourth-order valence-corrected chi connectivity index (χ4v) is 4.59. The van der Waals surface area contributed by atoms with E-state index in [2.05, 4.69) is 4.90 Å². The van der Waals surface area contributed by atoms with E-state index in [1.807, 2.05) is 19.1 Å². The van der Waals surface area contributed by atoms with E-state index in [-0.39, 0.29) is 5.69 Å². The number of nitrogens with zero attached hydrogens (tertiary/aromatic N) is 3. The molecular formula is C21H23ClF3N3O3S. The van der Waals surface area contributed by atoms with Crippen molar-refractivity contribution in [1.29, 1.82) is 0 Å². The Kier molecular flexibility index (Phi) is 6.94. The molecule has 3 rings (SSSR count). The minimum absolute atomic E-state index is 0.205. The Morgan fingerprint density at radius 1 is 1.09 bits per heavy atom. The highest BCUT2D eigenvalue weighted by atomic mass is 35.5. The lowest BCUT2D eigenvalue weighted by molar-refractivity contribution is -0.137. The maximum atomic E-state index is 13.1. The van der Waals surface area contributed by atoms with Gasteiger partial charge in [-0.25, -0.2) is 8.42 Å². The van der Waals surface area contributed by atoms with Crippen molar-refractivity contribution in [3.8, 4) is 0 Å². The molecule has 0 radical (unpaired) electrons. The highest BCUT2D eigenvalue weighted by Gasteiger charge is 2.32. The van der Waals surface area contributed by atoms with Crippen LogP contribution < -0.4 is 9.21 Å². The average Bonchev–Trinajstić information content (AvgIpc) is 2.72. The third-order valence-corrected chi connectivity index (χ3v) is 6.66. The van der Waals surface area contributed by atoms with Crippen molar-refractivity contribution in [3.63, 3.8) is 0 Å². The van der Waals surface area contributed by atoms with Gasteiger partial charge >= 0.3 is 6.18 Å². The lowest BCUT2D eigenvalue weighted by Gasteiger charge is -2.37. The molecule has 32 heavy (non-hydrogen) atoms. The minimum atomic E-state index is -4.63. The van der Waals surface area contributed by atoms with Crippen LogP contribution in [0.15, 0.2) is 42.5 Å². The van der Waals surface area contributed by atoms with Crippen LogP contribution in [0, 0.1) is 6.92 Å². The molecule has 2 aromatic rings. The first-order chi connectivity index (χ1) is 14.9. The topological polar surface area (TPSA) is 60.9 Å². The summed E-state index contributed by atoms with van der Waals surface area (Å²) in [5, 5.41) is 0.606. The first-order valence-corrected chi connectivity index (χ1v) is 12.0. The predicted molar refractivity (Wildman–Crippen MR) is 119 cm³/mol. The largest absolute Gasteiger partial charge is 0.416 e. The minimum Gasteiger partial charge on any atom is -0.368 e. The van der Waals surface area contributed by atoms with E-state index in [0.29, 0.717) is 35.5 Å². The zero-order chi connectivity index (χ0) is 23.7. The predicted octanol–water partition coefficient (Wildman–Crippen LogP) is 3.78. The van der Waals surface area contributed by atoms with E-state index in [4.69, 9.17) is 11.6 Å². The summed E-state index contributed by atoms with van der Waals surface area (Å²) >= 11 is 6.09. The molecule has 0 aromatic heterocycles. The van der Waals surface area contributed by atoms with Gasteiger partial charge in [0.1, 0.15) is 6.54 Å². The van der Waals surface area contributed by atoms with Crippen LogP contribution >= 0.6 is 11.6 Å². The first-order valence-electron chi connectivity index (χ1n) is 9.80. The standard InChI is InChI=1S/C21H23ClF3N3O3S/c1-15-6-7-17(22)13-19(15)26-8-10-27(11-9-26)20(29)14-28(32(2,30)31)18-5-3-4-16(12-18)21(23,24)25/h3-7,12-13H,8-11,14H2,1-2H3. The summed E-state index contributed by atoms with van der Waals surface area (Å²) in [7, 11) is -3.98. The van der Waals surface area contributed by atoms with E-state index >= 15 is 0 Å². The van der Waals surface area contributed by atoms with Gasteiger partial charge in [0.15, 0.2) is 0 Å². The van der Waals surface area contributed by atoms with Crippen LogP contribution in [0.1, 0.15) is 11.1 Å². The second-order valence-electron chi connectivity index (χ2n) is 7.62. The number of aryl methyl sites for hydroxylation is 1. The van der Waals surface area contributed by atoms with Crippen LogP contribution in [-0.4, -0.2) is 58.2 Å². The van der Waals surface area contributed by atoms with Crippen molar-refractivity contribution in [1.82, 2.24) is 4.90 Å². The number of anilines is 2. The maximum absolute atomic E-state index is 13.1. The van der Waals surface area contributed by atoms with E-state index in [9.17, 15) is 26.4 Å². The number of halogens is 4. The van der Waals surface area contributed by atoms with Crippen molar-refractivity contribution in [2.24, 2.45) is 0 Å². The number of amides is 1. The number of carbonyl (C=O) groups is 1. The fraction of sp³-hybridized carbons (Fsp3) is 0.381. The lowest BCUT2D eigenvalue weighted by atomic mass is 10.1. The van der Waals surface area contributed by atoms with E-state index < -0.39 is 34.2 Å². The molecule has 1 saturated heterocycles. The number of alkyl halides is 3. The molecule has 11 heteroatoms. The highest BCUT2D eigenvalue weighted by Crippen LogP contribution is 2.32. The Morgan fingerprint density at radius 3 is 2.34 bits per heavy atom. The molecule has 174 valence electrons. The van der Waals surface area contributed by atoms with Crippen molar-refractivity contribution in [2.75, 3.05) is 48.2 Å². The van der Waals surface area contributed by atoms with Gasteiger partial charge in [-0.05, 0) is 42.8 Å². The summed E-state index contributed by atoms with van der Waals surface area (Å²) in [4.78, 5) is 16.4. The smallest absolute Gasteiger partial charge is 0.368 e. The van der Waals surface area contributed by atoms with Crippen LogP contribution in [0.2, 0.25) is 5.02 Å². The van der Waals surface area contributed by atoms with Gasteiger partial charge in [0.25, 0.3) is 0 Å². The lowest BCUT2D eigenvalue weighted by Crippen LogP contribution is -2.52. The van der Waals surface area contributed by atoms with Crippen LogP contribution in [0.3, 0.4) is 0 Å². The Morgan fingerprint density at radius 2 is 1.75 bits per heavy atom. The number of rotatable bonds is 5. The quantitative estimate of drug-likeness (QED) is 0.641. The Labute approximate surface area is 190 Å². The third-order valence-electron chi connectivity index (χ3n) is 5.28. The molecule has 1 heterocycles. The van der Waals surface area contributed by atoms with Crippen LogP contribution in [0.5, 0.6) is 0 Å². The van der Waals surface area contributed by atoms with Gasteiger partial charge in [-0.2, -0.15) is 13.2 Å². The molecule has 1 fully saturated rings. The molecule has 0 aliphatic carbocycles. The highest BCUT2D eigenvalue weighted by molar-refractivity contribution is 7.92. The van der Waals surface area contributed by atoms with Crippen molar-refractivity contribution in [3.05, 3.63) is 58.6 Å². The van der Waals surface area contributed by atoms with Crippen LogP contribution in [0.25, 0.3) is 0 Å². The molecule has 6 nitrogen and oxygen atoms in total. The van der Waals surface area contributed by atoms with Gasteiger partial charge in [0.05, 0.1) is 17.5 Å². The zero-order valence-corrected chi connectivity index (χ0v) is 19.1. The second kappa shape index (κ2) is 9.19. The van der Waals surface area contributed by atoms with E-state index in [0.717, 1.165) is 35.7 Å². The molecule has 0 atom stereocenters. The number of sulfonamides is 1. The summed E-state index contributed by atoms with van der Waals surface area (Å²) in [5.74, 6) is -0.477. The normalized spacial score (nSPS) is 15.1. The molecule has 0 N–H and O–H groups in total. The summed E-state index contributed by atoms with van der Waals surface area (Å²) in [6, 6.07) is 9.50. The Balaban J connectivity index is 1.73. The van der Waals surface area contributed by atoms with Gasteiger partial charge < -0.3 is 9.80 Å². The zero-order valence-electron chi connectivity index (χ0n) is 17.6. The third kappa shape index (κ3) is 5.66. The molecule has 0 bridgehead atoms. The summed E-state index contributed by atoms with van der Waals surface area (Å²) in [6.07, 6.45) is -3.77. The van der Waals surface area contributed by atoms with E-state index in [1.165, 1.54) is 11.0 Å². The summed E-state index contributed by atoms with van der Waals surface area (Å²) in [5.41, 5.74) is 0.818. The monoisotopic (exact) mass is 489 g/mol. The van der Waals surface area contributed by atoms with Gasteiger partial charge in [-0.1, -0.05) is 23.7 Å².